The Kier molecular flexibility index (Phi) is 8.89. The van der Waals surface area contributed by atoms with Crippen molar-refractivity contribution in [3.8, 4) is 0 Å². The second kappa shape index (κ2) is 11.4. The molecule has 0 aliphatic carbocycles. The minimum absolute atomic E-state index is 0.120. The van der Waals surface area contributed by atoms with Crippen LogP contribution in [0.5, 0.6) is 0 Å². The SMILES string of the molecule is CC(C)C[C@@H](C(=O)O)N(CCNCc1cccnc1)C(=O)Nc1ccccc1Cl. The van der Waals surface area contributed by atoms with Gasteiger partial charge in [-0.15, -0.1) is 0 Å². The predicted molar refractivity (Wildman–Crippen MR) is 114 cm³/mol. The second-order valence-electron chi connectivity index (χ2n) is 7.13. The van der Waals surface area contributed by atoms with E-state index in [9.17, 15) is 14.7 Å². The lowest BCUT2D eigenvalue weighted by Crippen LogP contribution is -2.50. The van der Waals surface area contributed by atoms with Gasteiger partial charge in [-0.25, -0.2) is 9.59 Å². The molecule has 0 bridgehead atoms. The number of aromatic nitrogens is 1. The number of benzene rings is 1. The van der Waals surface area contributed by atoms with E-state index in [2.05, 4.69) is 15.6 Å². The number of urea groups is 1. The second-order valence-corrected chi connectivity index (χ2v) is 7.53. The number of rotatable bonds is 10. The van der Waals surface area contributed by atoms with Crippen molar-refractivity contribution in [2.24, 2.45) is 5.92 Å². The van der Waals surface area contributed by atoms with Crippen LogP contribution in [0.1, 0.15) is 25.8 Å². The molecule has 7 nitrogen and oxygen atoms in total. The molecule has 156 valence electrons. The number of aliphatic carboxylic acids is 1. The van der Waals surface area contributed by atoms with Crippen molar-refractivity contribution in [2.45, 2.75) is 32.9 Å². The van der Waals surface area contributed by atoms with Crippen LogP contribution in [0.2, 0.25) is 5.02 Å². The fourth-order valence-electron chi connectivity index (χ4n) is 2.89. The molecule has 3 N–H and O–H groups in total. The maximum atomic E-state index is 12.9. The molecule has 0 saturated heterocycles. The maximum Gasteiger partial charge on any atom is 0.326 e. The summed E-state index contributed by atoms with van der Waals surface area (Å²) in [5.41, 5.74) is 1.46. The minimum atomic E-state index is -1.03. The van der Waals surface area contributed by atoms with Gasteiger partial charge >= 0.3 is 12.0 Å². The largest absolute Gasteiger partial charge is 0.480 e. The summed E-state index contributed by atoms with van der Waals surface area (Å²) in [6.45, 7) is 5.12. The number of amides is 2. The number of hydrogen-bond donors (Lipinski definition) is 3. The molecule has 2 rings (SSSR count). The first kappa shape index (κ1) is 22.6. The van der Waals surface area contributed by atoms with Gasteiger partial charge in [0.1, 0.15) is 6.04 Å². The van der Waals surface area contributed by atoms with Crippen molar-refractivity contribution in [3.05, 3.63) is 59.4 Å². The number of halogens is 1. The van der Waals surface area contributed by atoms with Crippen LogP contribution in [-0.4, -0.2) is 46.1 Å². The highest BCUT2D eigenvalue weighted by molar-refractivity contribution is 6.33. The Morgan fingerprint density at radius 3 is 2.59 bits per heavy atom. The van der Waals surface area contributed by atoms with E-state index < -0.39 is 18.0 Å². The van der Waals surface area contributed by atoms with Gasteiger partial charge in [-0.05, 0) is 36.1 Å². The molecule has 1 heterocycles. The first-order valence-corrected chi connectivity index (χ1v) is 9.91. The summed E-state index contributed by atoms with van der Waals surface area (Å²) >= 11 is 6.13. The number of nitrogens with zero attached hydrogens (tertiary/aromatic N) is 2. The van der Waals surface area contributed by atoms with Gasteiger partial charge in [0, 0.05) is 32.0 Å². The normalized spacial score (nSPS) is 11.9. The Labute approximate surface area is 176 Å². The third-order valence-electron chi connectivity index (χ3n) is 4.31. The molecule has 29 heavy (non-hydrogen) atoms. The lowest BCUT2D eigenvalue weighted by molar-refractivity contribution is -0.142. The zero-order valence-corrected chi connectivity index (χ0v) is 17.4. The van der Waals surface area contributed by atoms with Crippen molar-refractivity contribution in [2.75, 3.05) is 18.4 Å². The first-order chi connectivity index (χ1) is 13.9. The van der Waals surface area contributed by atoms with Crippen molar-refractivity contribution < 1.29 is 14.7 Å². The predicted octanol–water partition coefficient (Wildman–Crippen LogP) is 3.86. The van der Waals surface area contributed by atoms with E-state index in [-0.39, 0.29) is 12.5 Å². The van der Waals surface area contributed by atoms with Crippen molar-refractivity contribution in [1.29, 1.82) is 0 Å². The number of carboxylic acids is 1. The van der Waals surface area contributed by atoms with Crippen LogP contribution in [0.3, 0.4) is 0 Å². The third-order valence-corrected chi connectivity index (χ3v) is 4.64. The van der Waals surface area contributed by atoms with Crippen LogP contribution in [0.15, 0.2) is 48.8 Å². The smallest absolute Gasteiger partial charge is 0.326 e. The summed E-state index contributed by atoms with van der Waals surface area (Å²) in [6, 6.07) is 9.23. The minimum Gasteiger partial charge on any atom is -0.480 e. The Morgan fingerprint density at radius 1 is 1.21 bits per heavy atom. The topological polar surface area (TPSA) is 94.6 Å². The molecule has 0 aliphatic rings. The number of carboxylic acid groups (broad SMARTS) is 1. The number of carbonyl (C=O) groups excluding carboxylic acids is 1. The molecule has 1 aromatic heterocycles. The number of para-hydroxylation sites is 1. The fourth-order valence-corrected chi connectivity index (χ4v) is 3.07. The number of nitrogens with one attached hydrogen (secondary N) is 2. The Bertz CT molecular complexity index is 802. The van der Waals surface area contributed by atoms with Crippen LogP contribution in [0, 0.1) is 5.92 Å². The summed E-state index contributed by atoms with van der Waals surface area (Å²) in [7, 11) is 0. The summed E-state index contributed by atoms with van der Waals surface area (Å²) in [4.78, 5) is 30.2. The molecule has 0 radical (unpaired) electrons. The summed E-state index contributed by atoms with van der Waals surface area (Å²) in [5, 5.41) is 16.1. The number of anilines is 1. The average Bonchev–Trinajstić information content (AvgIpc) is 2.69. The molecule has 1 atom stereocenters. The van der Waals surface area contributed by atoms with Gasteiger partial charge in [0.25, 0.3) is 0 Å². The van der Waals surface area contributed by atoms with E-state index >= 15 is 0 Å². The van der Waals surface area contributed by atoms with Crippen LogP contribution in [0.25, 0.3) is 0 Å². The molecule has 2 amide bonds. The van der Waals surface area contributed by atoms with Crippen molar-refractivity contribution in [3.63, 3.8) is 0 Å². The summed E-state index contributed by atoms with van der Waals surface area (Å²) < 4.78 is 0. The van der Waals surface area contributed by atoms with Crippen LogP contribution < -0.4 is 10.6 Å². The number of pyridine rings is 1. The maximum absolute atomic E-state index is 12.9. The monoisotopic (exact) mass is 418 g/mol. The number of hydrogen-bond acceptors (Lipinski definition) is 4. The van der Waals surface area contributed by atoms with Crippen molar-refractivity contribution in [1.82, 2.24) is 15.2 Å². The highest BCUT2D eigenvalue weighted by atomic mass is 35.5. The Morgan fingerprint density at radius 2 is 1.97 bits per heavy atom. The number of carbonyl (C=O) groups is 2. The molecule has 1 aromatic carbocycles. The van der Waals surface area contributed by atoms with Gasteiger partial charge in [0.05, 0.1) is 10.7 Å². The zero-order chi connectivity index (χ0) is 21.2. The van der Waals surface area contributed by atoms with E-state index in [1.54, 1.807) is 36.7 Å². The molecule has 2 aromatic rings. The van der Waals surface area contributed by atoms with E-state index in [1.807, 2.05) is 26.0 Å². The molecule has 0 saturated carbocycles. The van der Waals surface area contributed by atoms with E-state index in [0.29, 0.717) is 30.2 Å². The molecule has 0 unspecified atom stereocenters. The molecular formula is C21H27ClN4O3. The quantitative estimate of drug-likeness (QED) is 0.509. The van der Waals surface area contributed by atoms with Gasteiger partial charge in [-0.2, -0.15) is 0 Å². The van der Waals surface area contributed by atoms with Gasteiger partial charge < -0.3 is 20.6 Å². The summed E-state index contributed by atoms with van der Waals surface area (Å²) in [6.07, 6.45) is 3.81. The molecule has 0 spiro atoms. The fraction of sp³-hybridized carbons (Fsp3) is 0.381. The van der Waals surface area contributed by atoms with Gasteiger partial charge in [-0.3, -0.25) is 4.98 Å². The van der Waals surface area contributed by atoms with E-state index in [0.717, 1.165) is 5.56 Å². The Hall–Kier alpha value is -2.64. The standard InChI is InChI=1S/C21H27ClN4O3/c1-15(2)12-19(20(27)28)26(11-10-24-14-16-6-5-9-23-13-16)21(29)25-18-8-4-3-7-17(18)22/h3-9,13,15,19,24H,10-12,14H2,1-2H3,(H,25,29)(H,27,28)/t19-/m0/s1. The molecule has 8 heteroatoms. The van der Waals surface area contributed by atoms with E-state index in [1.165, 1.54) is 4.90 Å². The summed E-state index contributed by atoms with van der Waals surface area (Å²) in [5.74, 6) is -0.907. The van der Waals surface area contributed by atoms with Gasteiger partial charge in [0.15, 0.2) is 0 Å². The zero-order valence-electron chi connectivity index (χ0n) is 16.6. The van der Waals surface area contributed by atoms with Crippen molar-refractivity contribution >= 4 is 29.3 Å². The molecule has 0 fully saturated rings. The lowest BCUT2D eigenvalue weighted by Gasteiger charge is -2.30. The molecule has 0 aliphatic heterocycles. The highest BCUT2D eigenvalue weighted by Crippen LogP contribution is 2.22. The average molecular weight is 419 g/mol. The van der Waals surface area contributed by atoms with Crippen LogP contribution in [0.4, 0.5) is 10.5 Å². The molecular weight excluding hydrogens is 392 g/mol. The first-order valence-electron chi connectivity index (χ1n) is 9.53. The highest BCUT2D eigenvalue weighted by Gasteiger charge is 2.30. The van der Waals surface area contributed by atoms with Crippen LogP contribution >= 0.6 is 11.6 Å². The van der Waals surface area contributed by atoms with Crippen LogP contribution in [-0.2, 0) is 11.3 Å². The van der Waals surface area contributed by atoms with Gasteiger partial charge in [0.2, 0.25) is 0 Å². The third kappa shape index (κ3) is 7.36. The van der Waals surface area contributed by atoms with E-state index in [4.69, 9.17) is 11.6 Å². The Balaban J connectivity index is 2.08. The van der Waals surface area contributed by atoms with Gasteiger partial charge in [-0.1, -0.05) is 43.6 Å². The lowest BCUT2D eigenvalue weighted by atomic mass is 10.0.